The molecule has 11 atom stereocenters. The van der Waals surface area contributed by atoms with Gasteiger partial charge in [-0.1, -0.05) is 84.9 Å². The molecule has 4 fully saturated rings. The number of carbonyl (C=O) groups is 2. The Hall–Kier alpha value is -4.15. The van der Waals surface area contributed by atoms with E-state index in [1.54, 1.807) is 31.2 Å². The summed E-state index contributed by atoms with van der Waals surface area (Å²) in [7, 11) is 0. The molecule has 4 aliphatic rings. The molecular formula is C42H49NO13S. The minimum atomic E-state index is -1.46. The van der Waals surface area contributed by atoms with Crippen LogP contribution in [0.2, 0.25) is 0 Å². The number of benzene rings is 3. The summed E-state index contributed by atoms with van der Waals surface area (Å²) in [5, 5.41) is 15.1. The summed E-state index contributed by atoms with van der Waals surface area (Å²) < 4.78 is 51.0. The maximum absolute atomic E-state index is 13.8. The third-order valence-corrected chi connectivity index (χ3v) is 11.3. The Morgan fingerprint density at radius 2 is 1.58 bits per heavy atom. The molecule has 14 nitrogen and oxygen atoms in total. The molecule has 0 aliphatic carbocycles. The minimum Gasteiger partial charge on any atom is -0.452 e. The summed E-state index contributed by atoms with van der Waals surface area (Å²) in [6.07, 6.45) is -6.37. The van der Waals surface area contributed by atoms with Crippen molar-refractivity contribution in [1.29, 1.82) is 0 Å². The number of alkyl carbamates (subject to hydrolysis) is 1. The average molecular weight is 808 g/mol. The molecule has 57 heavy (non-hydrogen) atoms. The number of ether oxygens (including phenoxy) is 8. The van der Waals surface area contributed by atoms with Crippen LogP contribution >= 0.6 is 11.8 Å². The molecule has 3 aromatic carbocycles. The average Bonchev–Trinajstić information content (AvgIpc) is 3.73. The third-order valence-electron chi connectivity index (χ3n) is 10.1. The van der Waals surface area contributed by atoms with E-state index in [9.17, 15) is 14.7 Å². The highest BCUT2D eigenvalue weighted by Crippen LogP contribution is 2.44. The first-order chi connectivity index (χ1) is 27.3. The van der Waals surface area contributed by atoms with Crippen molar-refractivity contribution >= 4 is 30.0 Å². The number of aliphatic hydroxyl groups is 1. The second-order valence-corrected chi connectivity index (χ2v) is 16.1. The van der Waals surface area contributed by atoms with Crippen molar-refractivity contribution in [1.82, 2.24) is 5.32 Å². The quantitative estimate of drug-likeness (QED) is 0.225. The maximum Gasteiger partial charge on any atom is 0.407 e. The predicted octanol–water partition coefficient (Wildman–Crippen LogP) is 5.33. The lowest BCUT2D eigenvalue weighted by Gasteiger charge is -2.50. The number of aryl methyl sites for hydroxylation is 1. The van der Waals surface area contributed by atoms with Gasteiger partial charge in [0, 0.05) is 11.3 Å². The van der Waals surface area contributed by atoms with Crippen LogP contribution in [0.3, 0.4) is 0 Å². The third kappa shape index (κ3) is 10.5. The van der Waals surface area contributed by atoms with Crippen LogP contribution in [-0.4, -0.2) is 102 Å². The Bertz CT molecular complexity index is 1830. The first kappa shape index (κ1) is 42.5. The molecule has 2 N–H and O–H groups in total. The zero-order valence-corrected chi connectivity index (χ0v) is 33.3. The fourth-order valence-electron chi connectivity index (χ4n) is 7.57. The Morgan fingerprint density at radius 1 is 0.912 bits per heavy atom. The van der Waals surface area contributed by atoms with Crippen LogP contribution < -0.4 is 5.32 Å². The highest BCUT2D eigenvalue weighted by molar-refractivity contribution is 7.99. The Labute approximate surface area is 335 Å². The molecule has 0 radical (unpaired) electrons. The van der Waals surface area contributed by atoms with Crippen molar-refractivity contribution in [3.63, 3.8) is 0 Å². The number of hydrogen-bond donors (Lipinski definition) is 2. The Morgan fingerprint density at radius 3 is 2.25 bits per heavy atom. The minimum absolute atomic E-state index is 0.0210. The van der Waals surface area contributed by atoms with Crippen LogP contribution in [0.5, 0.6) is 0 Å². The molecule has 0 spiro atoms. The predicted molar refractivity (Wildman–Crippen MR) is 203 cm³/mol. The second-order valence-electron chi connectivity index (χ2n) is 14.9. The van der Waals surface area contributed by atoms with Gasteiger partial charge in [0.05, 0.1) is 30.9 Å². The van der Waals surface area contributed by atoms with Crippen LogP contribution in [0.25, 0.3) is 0 Å². The van der Waals surface area contributed by atoms with E-state index in [-0.39, 0.29) is 25.3 Å². The van der Waals surface area contributed by atoms with Crippen LogP contribution in [0.4, 0.5) is 4.79 Å². The van der Waals surface area contributed by atoms with Crippen molar-refractivity contribution in [2.75, 3.05) is 6.61 Å². The van der Waals surface area contributed by atoms with Gasteiger partial charge in [-0.2, -0.15) is 9.59 Å². The zero-order valence-electron chi connectivity index (χ0n) is 32.4. The fourth-order valence-corrected chi connectivity index (χ4v) is 8.67. The number of carbonyl (C=O) groups excluding carboxylic acids is 4. The van der Waals surface area contributed by atoms with E-state index < -0.39 is 77.8 Å². The van der Waals surface area contributed by atoms with Gasteiger partial charge in [-0.15, -0.1) is 0 Å². The molecule has 1 amide bonds. The van der Waals surface area contributed by atoms with Gasteiger partial charge in [0.2, 0.25) is 0 Å². The summed E-state index contributed by atoms with van der Waals surface area (Å²) >= 11 is 1.36. The van der Waals surface area contributed by atoms with Gasteiger partial charge < -0.3 is 48.3 Å². The van der Waals surface area contributed by atoms with Crippen molar-refractivity contribution in [3.05, 3.63) is 102 Å². The van der Waals surface area contributed by atoms with Crippen molar-refractivity contribution in [3.8, 4) is 0 Å². The van der Waals surface area contributed by atoms with E-state index >= 15 is 0 Å². The molecule has 4 heterocycles. The number of esters is 1. The molecule has 0 saturated carbocycles. The number of nitrogens with one attached hydrogen (secondary N) is 1. The van der Waals surface area contributed by atoms with E-state index in [1.807, 2.05) is 88.4 Å². The normalized spacial score (nSPS) is 32.8. The number of amides is 1. The van der Waals surface area contributed by atoms with E-state index in [4.69, 9.17) is 47.5 Å². The van der Waals surface area contributed by atoms with Gasteiger partial charge >= 0.3 is 18.2 Å². The lowest BCUT2D eigenvalue weighted by atomic mass is 9.89. The standard InChI is InChI=1S/C41H49NO11S.CO2/c1-6-28-33(51-40(3,4)50-28)34-31-29(48-39(45)42-31)21-41(5,52-34)53-35-32(43)30(23-46-22-25-13-9-7-10-14-25)47-38(54-27-19-17-24(2)18-20-27)36(35)49-37(44)26-15-11-8-12-16-26;2-1-3/h7-20,28-36,38,43H,6,21-23H2,1-5H3,(H,42,45);/t28-,29-,30?,31-,32+,33-,34?,35+,36?,38+,41-;/m1./s1. The monoisotopic (exact) mass is 807 g/mol. The van der Waals surface area contributed by atoms with E-state index in [0.29, 0.717) is 18.6 Å². The highest BCUT2D eigenvalue weighted by Gasteiger charge is 2.60. The Kier molecular flexibility index (Phi) is 13.9. The molecule has 0 bridgehead atoms. The molecule has 7 rings (SSSR count). The number of fused-ring (bicyclic) bond motifs is 1. The molecule has 3 aromatic rings. The van der Waals surface area contributed by atoms with Crippen molar-refractivity contribution < 1.29 is 62.2 Å². The summed E-state index contributed by atoms with van der Waals surface area (Å²) in [6, 6.07) is 25.7. The smallest absolute Gasteiger partial charge is 0.407 e. The summed E-state index contributed by atoms with van der Waals surface area (Å²) in [5.74, 6) is -2.95. The molecule has 4 saturated heterocycles. The number of aliphatic hydroxyl groups excluding tert-OH is 1. The first-order valence-corrected chi connectivity index (χ1v) is 19.8. The van der Waals surface area contributed by atoms with E-state index in [0.717, 1.165) is 16.0 Å². The van der Waals surface area contributed by atoms with Gasteiger partial charge in [0.1, 0.15) is 42.1 Å². The first-order valence-electron chi connectivity index (χ1n) is 18.9. The maximum atomic E-state index is 13.8. The van der Waals surface area contributed by atoms with Crippen LogP contribution in [0.1, 0.15) is 62.0 Å². The number of hydrogen-bond acceptors (Lipinski definition) is 14. The zero-order chi connectivity index (χ0) is 40.7. The van der Waals surface area contributed by atoms with Gasteiger partial charge in [0.15, 0.2) is 17.7 Å². The number of rotatable bonds is 12. The van der Waals surface area contributed by atoms with E-state index in [2.05, 4.69) is 5.32 Å². The SMILES string of the molecule is CC[C@H]1OC(C)(C)O[C@H]1C1O[C@](C)(O[C@@H]2C(OC(=O)c3ccccc3)[C@H](Sc3ccc(C)cc3)OC(COCc3ccccc3)[C@@H]2O)C[C@H]2OC(=O)N[C@@H]12.O=C=O. The van der Waals surface area contributed by atoms with Crippen LogP contribution in [0.15, 0.2) is 89.8 Å². The van der Waals surface area contributed by atoms with Crippen LogP contribution in [0, 0.1) is 6.92 Å². The van der Waals surface area contributed by atoms with Gasteiger partial charge in [-0.05, 0) is 63.9 Å². The molecule has 306 valence electrons. The topological polar surface area (TPSA) is 174 Å². The molecule has 15 heteroatoms. The Balaban J connectivity index is 0.00000177. The summed E-state index contributed by atoms with van der Waals surface area (Å²) in [5.41, 5.74) is 1.54. The van der Waals surface area contributed by atoms with Gasteiger partial charge in [-0.25, -0.2) is 9.59 Å². The molecule has 3 unspecified atom stereocenters. The molecule has 4 aliphatic heterocycles. The van der Waals surface area contributed by atoms with Crippen molar-refractivity contribution in [2.45, 2.75) is 131 Å². The lowest BCUT2D eigenvalue weighted by molar-refractivity contribution is -0.348. The van der Waals surface area contributed by atoms with Gasteiger partial charge in [0.25, 0.3) is 0 Å². The van der Waals surface area contributed by atoms with Gasteiger partial charge in [-0.3, -0.25) is 0 Å². The van der Waals surface area contributed by atoms with E-state index in [1.165, 1.54) is 11.8 Å². The highest BCUT2D eigenvalue weighted by atomic mass is 32.2. The summed E-state index contributed by atoms with van der Waals surface area (Å²) in [4.78, 5) is 43.5. The van der Waals surface area contributed by atoms with Crippen LogP contribution in [-0.2, 0) is 54.1 Å². The lowest BCUT2D eigenvalue weighted by Crippen LogP contribution is -2.66. The molecular weight excluding hydrogens is 759 g/mol. The second kappa shape index (κ2) is 18.6. The number of thioether (sulfide) groups is 1. The molecule has 0 aromatic heterocycles. The summed E-state index contributed by atoms with van der Waals surface area (Å²) in [6.45, 7) is 9.74. The fraction of sp³-hybridized carbons (Fsp3) is 0.500. The van der Waals surface area contributed by atoms with Crippen molar-refractivity contribution in [2.24, 2.45) is 0 Å². The largest absolute Gasteiger partial charge is 0.452 e.